The van der Waals surface area contributed by atoms with Crippen molar-refractivity contribution in [3.05, 3.63) is 82.9 Å². The Bertz CT molecular complexity index is 1150. The first kappa shape index (κ1) is 20.8. The summed E-state index contributed by atoms with van der Waals surface area (Å²) in [5.74, 6) is -0.350. The fourth-order valence-corrected chi connectivity index (χ4v) is 4.95. The molecule has 2 aromatic carbocycles. The summed E-state index contributed by atoms with van der Waals surface area (Å²) >= 11 is 0. The largest absolute Gasteiger partial charge is 0.313 e. The van der Waals surface area contributed by atoms with Crippen LogP contribution in [0.5, 0.6) is 0 Å². The molecule has 1 aliphatic heterocycles. The van der Waals surface area contributed by atoms with Crippen molar-refractivity contribution in [2.45, 2.75) is 50.3 Å². The lowest BCUT2D eigenvalue weighted by molar-refractivity contribution is 0.239. The van der Waals surface area contributed by atoms with Crippen molar-refractivity contribution >= 4 is 9.84 Å². The van der Waals surface area contributed by atoms with E-state index in [0.29, 0.717) is 12.1 Å². The Morgan fingerprint density at radius 2 is 1.73 bits per heavy atom. The standard InChI is InChI=1S/C23H26FN3O2S/c1-17(2)30(28,29)23-25-13-21(27(23)15-20-9-5-6-10-22(20)24)16-26-12-11-18-7-3-4-8-19(18)14-26/h3-10,13,17H,11-12,14-16H2,1-2H3. The third kappa shape index (κ3) is 4.04. The van der Waals surface area contributed by atoms with Gasteiger partial charge in [-0.15, -0.1) is 0 Å². The van der Waals surface area contributed by atoms with Gasteiger partial charge in [0.15, 0.2) is 0 Å². The van der Waals surface area contributed by atoms with Crippen LogP contribution in [0.3, 0.4) is 0 Å². The monoisotopic (exact) mass is 427 g/mol. The molecule has 0 aliphatic carbocycles. The Labute approximate surface area is 177 Å². The van der Waals surface area contributed by atoms with Gasteiger partial charge in [-0.05, 0) is 37.5 Å². The van der Waals surface area contributed by atoms with E-state index in [4.69, 9.17) is 0 Å². The molecule has 2 heterocycles. The fraction of sp³-hybridized carbons (Fsp3) is 0.348. The average molecular weight is 428 g/mol. The molecule has 5 nitrogen and oxygen atoms in total. The SMILES string of the molecule is CC(C)S(=O)(=O)c1ncc(CN2CCc3ccccc3C2)n1Cc1ccccc1F. The molecule has 3 aromatic rings. The van der Waals surface area contributed by atoms with Crippen LogP contribution in [-0.4, -0.2) is 34.7 Å². The van der Waals surface area contributed by atoms with Gasteiger partial charge >= 0.3 is 0 Å². The lowest BCUT2D eigenvalue weighted by Crippen LogP contribution is -2.31. The van der Waals surface area contributed by atoms with Crippen LogP contribution in [0.25, 0.3) is 0 Å². The molecular formula is C23H26FN3O2S. The van der Waals surface area contributed by atoms with Gasteiger partial charge in [0.1, 0.15) is 5.82 Å². The summed E-state index contributed by atoms with van der Waals surface area (Å²) in [6, 6.07) is 14.8. The van der Waals surface area contributed by atoms with Gasteiger partial charge in [0.05, 0.1) is 23.7 Å². The molecular weight excluding hydrogens is 401 g/mol. The molecule has 0 saturated heterocycles. The molecule has 0 bridgehead atoms. The van der Waals surface area contributed by atoms with E-state index in [0.717, 1.165) is 25.2 Å². The van der Waals surface area contributed by atoms with Crippen molar-refractivity contribution in [1.82, 2.24) is 14.5 Å². The molecule has 0 radical (unpaired) electrons. The Balaban J connectivity index is 1.68. The first-order valence-electron chi connectivity index (χ1n) is 10.2. The number of aromatic nitrogens is 2. The van der Waals surface area contributed by atoms with Crippen LogP contribution in [0.1, 0.15) is 36.2 Å². The summed E-state index contributed by atoms with van der Waals surface area (Å²) in [6.45, 7) is 5.65. The summed E-state index contributed by atoms with van der Waals surface area (Å²) in [5.41, 5.74) is 3.87. The van der Waals surface area contributed by atoms with E-state index in [-0.39, 0.29) is 17.5 Å². The second-order valence-electron chi connectivity index (χ2n) is 8.03. The van der Waals surface area contributed by atoms with E-state index >= 15 is 0 Å². The van der Waals surface area contributed by atoms with Crippen molar-refractivity contribution in [3.63, 3.8) is 0 Å². The number of nitrogens with zero attached hydrogens (tertiary/aromatic N) is 3. The maximum atomic E-state index is 14.3. The van der Waals surface area contributed by atoms with Crippen molar-refractivity contribution in [3.8, 4) is 0 Å². The molecule has 0 N–H and O–H groups in total. The molecule has 4 rings (SSSR count). The fourth-order valence-electron chi connectivity index (χ4n) is 3.84. The molecule has 0 amide bonds. The van der Waals surface area contributed by atoms with Crippen LogP contribution in [0.15, 0.2) is 59.9 Å². The molecule has 0 unspecified atom stereocenters. The molecule has 1 aromatic heterocycles. The van der Waals surface area contributed by atoms with Crippen molar-refractivity contribution in [1.29, 1.82) is 0 Å². The van der Waals surface area contributed by atoms with E-state index in [2.05, 4.69) is 28.1 Å². The maximum Gasteiger partial charge on any atom is 0.228 e. The van der Waals surface area contributed by atoms with Gasteiger partial charge in [-0.3, -0.25) is 4.90 Å². The summed E-state index contributed by atoms with van der Waals surface area (Å²) < 4.78 is 41.8. The van der Waals surface area contributed by atoms with Gasteiger partial charge in [-0.25, -0.2) is 17.8 Å². The highest BCUT2D eigenvalue weighted by molar-refractivity contribution is 7.91. The van der Waals surface area contributed by atoms with Gasteiger partial charge in [0, 0.05) is 25.2 Å². The minimum atomic E-state index is -3.60. The summed E-state index contributed by atoms with van der Waals surface area (Å²) in [7, 11) is -3.60. The van der Waals surface area contributed by atoms with Crippen LogP contribution < -0.4 is 0 Å². The molecule has 7 heteroatoms. The highest BCUT2D eigenvalue weighted by Gasteiger charge is 2.28. The Kier molecular flexibility index (Phi) is 5.75. The number of rotatable bonds is 6. The van der Waals surface area contributed by atoms with Crippen LogP contribution in [0.2, 0.25) is 0 Å². The first-order chi connectivity index (χ1) is 14.4. The Morgan fingerprint density at radius 3 is 2.47 bits per heavy atom. The van der Waals surface area contributed by atoms with Gasteiger partial charge in [0.2, 0.25) is 15.0 Å². The number of halogens is 1. The first-order valence-corrected chi connectivity index (χ1v) is 11.7. The number of sulfone groups is 1. The van der Waals surface area contributed by atoms with Crippen LogP contribution in [0.4, 0.5) is 4.39 Å². The minimum Gasteiger partial charge on any atom is -0.313 e. The molecule has 0 fully saturated rings. The smallest absolute Gasteiger partial charge is 0.228 e. The predicted octanol–water partition coefficient (Wildman–Crippen LogP) is 3.81. The number of hydrogen-bond acceptors (Lipinski definition) is 4. The van der Waals surface area contributed by atoms with Crippen LogP contribution in [0, 0.1) is 5.82 Å². The topological polar surface area (TPSA) is 55.2 Å². The zero-order chi connectivity index (χ0) is 21.3. The number of imidazole rings is 1. The third-order valence-corrected chi connectivity index (χ3v) is 7.73. The molecule has 1 aliphatic rings. The van der Waals surface area contributed by atoms with E-state index < -0.39 is 15.1 Å². The van der Waals surface area contributed by atoms with Crippen LogP contribution >= 0.6 is 0 Å². The second kappa shape index (κ2) is 8.32. The van der Waals surface area contributed by atoms with E-state index in [1.165, 1.54) is 17.2 Å². The average Bonchev–Trinajstić information content (AvgIpc) is 3.12. The van der Waals surface area contributed by atoms with Crippen LogP contribution in [-0.2, 0) is 35.9 Å². The summed E-state index contributed by atoms with van der Waals surface area (Å²) in [6.07, 6.45) is 2.57. The third-order valence-electron chi connectivity index (χ3n) is 5.66. The Morgan fingerprint density at radius 1 is 1.03 bits per heavy atom. The molecule has 30 heavy (non-hydrogen) atoms. The molecule has 0 spiro atoms. The molecule has 0 saturated carbocycles. The normalized spacial score (nSPS) is 14.8. The Hall–Kier alpha value is -2.51. The minimum absolute atomic E-state index is 0.00756. The molecule has 0 atom stereocenters. The van der Waals surface area contributed by atoms with Gasteiger partial charge in [0.25, 0.3) is 0 Å². The zero-order valence-electron chi connectivity index (χ0n) is 17.3. The van der Waals surface area contributed by atoms with E-state index in [9.17, 15) is 12.8 Å². The highest BCUT2D eigenvalue weighted by Crippen LogP contribution is 2.24. The van der Waals surface area contributed by atoms with Crippen molar-refractivity contribution < 1.29 is 12.8 Å². The van der Waals surface area contributed by atoms with Crippen molar-refractivity contribution in [2.75, 3.05) is 6.54 Å². The number of benzene rings is 2. The van der Waals surface area contributed by atoms with Gasteiger partial charge in [-0.2, -0.15) is 0 Å². The lowest BCUT2D eigenvalue weighted by atomic mass is 10.00. The number of hydrogen-bond donors (Lipinski definition) is 0. The van der Waals surface area contributed by atoms with E-state index in [1.807, 2.05) is 6.07 Å². The summed E-state index contributed by atoms with van der Waals surface area (Å²) in [5, 5.41) is -0.595. The molecule has 158 valence electrons. The zero-order valence-corrected chi connectivity index (χ0v) is 18.1. The second-order valence-corrected chi connectivity index (χ2v) is 10.4. The summed E-state index contributed by atoms with van der Waals surface area (Å²) in [4.78, 5) is 6.55. The van der Waals surface area contributed by atoms with Gasteiger partial charge < -0.3 is 4.57 Å². The number of fused-ring (bicyclic) bond motifs is 1. The highest BCUT2D eigenvalue weighted by atomic mass is 32.2. The van der Waals surface area contributed by atoms with Gasteiger partial charge in [-0.1, -0.05) is 42.5 Å². The predicted molar refractivity (Wildman–Crippen MR) is 114 cm³/mol. The van der Waals surface area contributed by atoms with Crippen molar-refractivity contribution in [2.24, 2.45) is 0 Å². The lowest BCUT2D eigenvalue weighted by Gasteiger charge is -2.29. The quantitative estimate of drug-likeness (QED) is 0.600. The maximum absolute atomic E-state index is 14.3. The van der Waals surface area contributed by atoms with E-state index in [1.54, 1.807) is 42.8 Å².